The summed E-state index contributed by atoms with van der Waals surface area (Å²) in [4.78, 5) is 2.65. The first-order valence-electron chi connectivity index (χ1n) is 5.99. The molecule has 0 unspecified atom stereocenters. The van der Waals surface area contributed by atoms with Crippen LogP contribution in [0.15, 0.2) is 0 Å². The van der Waals surface area contributed by atoms with Gasteiger partial charge in [-0.25, -0.2) is 4.90 Å². The molecule has 1 heterocycles. The van der Waals surface area contributed by atoms with Gasteiger partial charge in [-0.3, -0.25) is 0 Å². The van der Waals surface area contributed by atoms with Crippen LogP contribution in [0.5, 0.6) is 0 Å². The number of hydrogen-bond donors (Lipinski definition) is 0. The Bertz CT molecular complexity index is 192. The Morgan fingerprint density at radius 2 is 1.71 bits per heavy atom. The summed E-state index contributed by atoms with van der Waals surface area (Å²) in [5.74, 6) is 0. The molecule has 1 aliphatic rings. The van der Waals surface area contributed by atoms with Crippen LogP contribution < -0.4 is 0 Å². The molecule has 0 aromatic carbocycles. The average Bonchev–Trinajstić information content (AvgIpc) is 2.38. The van der Waals surface area contributed by atoms with Crippen LogP contribution >= 0.6 is 0 Å². The summed E-state index contributed by atoms with van der Waals surface area (Å²) in [6.07, 6.45) is 0. The molecule has 0 atom stereocenters. The number of likely N-dealkylation sites (N-methyl/N-ethyl adjacent to an activating group) is 1. The SMILES string of the molecule is CC[N+]1(CC)CN(C(C)C)C(C)(C)C1. The predicted octanol–water partition coefficient (Wildman–Crippen LogP) is 2.30. The van der Waals surface area contributed by atoms with Crippen LogP contribution in [0.25, 0.3) is 0 Å². The van der Waals surface area contributed by atoms with Gasteiger partial charge < -0.3 is 4.48 Å². The minimum absolute atomic E-state index is 0.375. The second-order valence-electron chi connectivity index (χ2n) is 5.65. The molecule has 1 aliphatic heterocycles. The van der Waals surface area contributed by atoms with Crippen molar-refractivity contribution in [1.29, 1.82) is 0 Å². The molecule has 2 heteroatoms. The molecule has 84 valence electrons. The number of quaternary nitrogens is 1. The number of hydrogen-bond acceptors (Lipinski definition) is 1. The fourth-order valence-electron chi connectivity index (χ4n) is 2.99. The van der Waals surface area contributed by atoms with Crippen LogP contribution in [-0.4, -0.2) is 47.3 Å². The van der Waals surface area contributed by atoms with Gasteiger partial charge >= 0.3 is 0 Å². The van der Waals surface area contributed by atoms with Gasteiger partial charge in [0.05, 0.1) is 25.2 Å². The summed E-state index contributed by atoms with van der Waals surface area (Å²) in [5.41, 5.74) is 0.375. The zero-order chi connectivity index (χ0) is 11.0. The third-order valence-electron chi connectivity index (χ3n) is 3.92. The highest BCUT2D eigenvalue weighted by Gasteiger charge is 2.47. The van der Waals surface area contributed by atoms with Crippen molar-refractivity contribution < 1.29 is 4.48 Å². The summed E-state index contributed by atoms with van der Waals surface area (Å²) in [6, 6.07) is 0.670. The first kappa shape index (κ1) is 12.0. The van der Waals surface area contributed by atoms with Gasteiger partial charge in [0, 0.05) is 6.04 Å². The van der Waals surface area contributed by atoms with Crippen LogP contribution in [0.4, 0.5) is 0 Å². The Kier molecular flexibility index (Phi) is 3.27. The lowest BCUT2D eigenvalue weighted by Crippen LogP contribution is -2.47. The van der Waals surface area contributed by atoms with Crippen molar-refractivity contribution >= 4 is 0 Å². The number of rotatable bonds is 3. The Balaban J connectivity index is 2.84. The zero-order valence-electron chi connectivity index (χ0n) is 10.8. The van der Waals surface area contributed by atoms with Crippen molar-refractivity contribution in [3.05, 3.63) is 0 Å². The third-order valence-corrected chi connectivity index (χ3v) is 3.92. The molecule has 0 radical (unpaired) electrons. The maximum atomic E-state index is 2.65. The lowest BCUT2D eigenvalue weighted by molar-refractivity contribution is -0.919. The second-order valence-corrected chi connectivity index (χ2v) is 5.65. The molecule has 1 rings (SSSR count). The van der Waals surface area contributed by atoms with E-state index in [4.69, 9.17) is 0 Å². The Hall–Kier alpha value is -0.0800. The van der Waals surface area contributed by atoms with Crippen LogP contribution in [0.3, 0.4) is 0 Å². The van der Waals surface area contributed by atoms with Gasteiger partial charge in [0.15, 0.2) is 0 Å². The summed E-state index contributed by atoms with van der Waals surface area (Å²) in [5, 5.41) is 0. The largest absolute Gasteiger partial charge is 0.310 e. The van der Waals surface area contributed by atoms with Crippen molar-refractivity contribution in [2.45, 2.75) is 53.1 Å². The normalized spacial score (nSPS) is 25.9. The molecular weight excluding hydrogens is 172 g/mol. The van der Waals surface area contributed by atoms with E-state index in [1.807, 2.05) is 0 Å². The molecule has 0 bridgehead atoms. The first-order chi connectivity index (χ1) is 6.37. The molecule has 1 fully saturated rings. The van der Waals surface area contributed by atoms with E-state index in [0.717, 1.165) is 0 Å². The summed E-state index contributed by atoms with van der Waals surface area (Å²) < 4.78 is 1.27. The summed E-state index contributed by atoms with van der Waals surface area (Å²) in [6.45, 7) is 19.1. The number of nitrogens with zero attached hydrogens (tertiary/aromatic N) is 2. The van der Waals surface area contributed by atoms with E-state index in [9.17, 15) is 0 Å². The molecule has 1 saturated heterocycles. The zero-order valence-corrected chi connectivity index (χ0v) is 10.8. The van der Waals surface area contributed by atoms with Crippen LogP contribution in [-0.2, 0) is 0 Å². The van der Waals surface area contributed by atoms with E-state index in [-0.39, 0.29) is 0 Å². The van der Waals surface area contributed by atoms with Crippen molar-refractivity contribution in [2.24, 2.45) is 0 Å². The third kappa shape index (κ3) is 1.96. The minimum atomic E-state index is 0.375. The molecule has 14 heavy (non-hydrogen) atoms. The smallest absolute Gasteiger partial charge is 0.135 e. The van der Waals surface area contributed by atoms with E-state index in [0.29, 0.717) is 11.6 Å². The van der Waals surface area contributed by atoms with Gasteiger partial charge in [-0.2, -0.15) is 0 Å². The van der Waals surface area contributed by atoms with Gasteiger partial charge in [-0.1, -0.05) is 0 Å². The van der Waals surface area contributed by atoms with Crippen LogP contribution in [0, 0.1) is 0 Å². The standard InChI is InChI=1S/C12H27N2/c1-7-14(8-2)9-12(5,6)13(10-14)11(3)4/h11H,7-10H2,1-6H3/q+1. The molecule has 0 amide bonds. The van der Waals surface area contributed by atoms with Crippen molar-refractivity contribution in [3.63, 3.8) is 0 Å². The molecule has 0 N–H and O–H groups in total. The fourth-order valence-corrected chi connectivity index (χ4v) is 2.99. The van der Waals surface area contributed by atoms with Gasteiger partial charge in [-0.15, -0.1) is 0 Å². The molecule has 2 nitrogen and oxygen atoms in total. The highest BCUT2D eigenvalue weighted by molar-refractivity contribution is 4.87. The second kappa shape index (κ2) is 3.82. The predicted molar refractivity (Wildman–Crippen MR) is 62.1 cm³/mol. The molecule has 0 aromatic rings. The Labute approximate surface area is 89.5 Å². The van der Waals surface area contributed by atoms with E-state index in [1.165, 1.54) is 30.8 Å². The van der Waals surface area contributed by atoms with Gasteiger partial charge in [0.1, 0.15) is 6.67 Å². The van der Waals surface area contributed by atoms with Crippen molar-refractivity contribution in [1.82, 2.24) is 4.90 Å². The van der Waals surface area contributed by atoms with Crippen LogP contribution in [0.1, 0.15) is 41.5 Å². The van der Waals surface area contributed by atoms with Gasteiger partial charge in [0.2, 0.25) is 0 Å². The van der Waals surface area contributed by atoms with Gasteiger partial charge in [-0.05, 0) is 41.5 Å². The van der Waals surface area contributed by atoms with Gasteiger partial charge in [0.25, 0.3) is 0 Å². The Morgan fingerprint density at radius 3 is 1.93 bits per heavy atom. The fraction of sp³-hybridized carbons (Fsp3) is 1.00. The molecular formula is C12H27N2+. The molecule has 0 aromatic heterocycles. The van der Waals surface area contributed by atoms with Crippen molar-refractivity contribution in [3.8, 4) is 0 Å². The van der Waals surface area contributed by atoms with E-state index in [2.05, 4.69) is 46.4 Å². The van der Waals surface area contributed by atoms with Crippen molar-refractivity contribution in [2.75, 3.05) is 26.3 Å². The lowest BCUT2D eigenvalue weighted by atomic mass is 10.0. The average molecular weight is 199 g/mol. The van der Waals surface area contributed by atoms with E-state index >= 15 is 0 Å². The van der Waals surface area contributed by atoms with E-state index in [1.54, 1.807) is 0 Å². The quantitative estimate of drug-likeness (QED) is 0.630. The van der Waals surface area contributed by atoms with Crippen LogP contribution in [0.2, 0.25) is 0 Å². The molecule has 0 spiro atoms. The Morgan fingerprint density at radius 1 is 1.21 bits per heavy atom. The first-order valence-corrected chi connectivity index (χ1v) is 5.99. The van der Waals surface area contributed by atoms with E-state index < -0.39 is 0 Å². The molecule has 0 saturated carbocycles. The maximum absolute atomic E-state index is 2.65. The lowest BCUT2D eigenvalue weighted by Gasteiger charge is -2.32. The maximum Gasteiger partial charge on any atom is 0.135 e. The minimum Gasteiger partial charge on any atom is -0.310 e. The monoisotopic (exact) mass is 199 g/mol. The topological polar surface area (TPSA) is 3.24 Å². The molecule has 0 aliphatic carbocycles. The summed E-state index contributed by atoms with van der Waals surface area (Å²) >= 11 is 0. The summed E-state index contributed by atoms with van der Waals surface area (Å²) in [7, 11) is 0. The highest BCUT2D eigenvalue weighted by atomic mass is 15.5. The highest BCUT2D eigenvalue weighted by Crippen LogP contribution is 2.31.